The van der Waals surface area contributed by atoms with Crippen LogP contribution in [-0.2, 0) is 9.59 Å². The second kappa shape index (κ2) is 4.98. The quantitative estimate of drug-likeness (QED) is 0.620. The number of hydrogen-bond donors (Lipinski definition) is 0. The van der Waals surface area contributed by atoms with E-state index in [0.717, 1.165) is 32.2 Å². The number of carbonyl (C=O) groups is 2. The molecule has 0 unspecified atom stereocenters. The van der Waals surface area contributed by atoms with E-state index >= 15 is 0 Å². The normalized spacial score (nSPS) is 21.9. The molecule has 0 N–H and O–H groups in total. The summed E-state index contributed by atoms with van der Waals surface area (Å²) in [4.78, 5) is 26.6. The minimum atomic E-state index is -0.322. The van der Waals surface area contributed by atoms with Gasteiger partial charge in [-0.15, -0.1) is 0 Å². The third kappa shape index (κ3) is 2.12. The van der Waals surface area contributed by atoms with Gasteiger partial charge in [0.05, 0.1) is 12.0 Å². The molecule has 0 radical (unpaired) electrons. The number of nitrogens with zero attached hydrogens (tertiary/aromatic N) is 2. The van der Waals surface area contributed by atoms with Gasteiger partial charge in [0, 0.05) is 12.2 Å². The lowest BCUT2D eigenvalue weighted by Crippen LogP contribution is -2.65. The topological polar surface area (TPSA) is 40.6 Å². The van der Waals surface area contributed by atoms with Crippen LogP contribution < -0.4 is 4.90 Å². The van der Waals surface area contributed by atoms with Gasteiger partial charge in [-0.3, -0.25) is 9.69 Å². The molecular weight excluding hydrogens is 259 g/mol. The van der Waals surface area contributed by atoms with E-state index in [2.05, 4.69) is 4.90 Å². The van der Waals surface area contributed by atoms with Gasteiger partial charge in [0.1, 0.15) is 12.1 Å². The maximum absolute atomic E-state index is 13.2. The molecule has 0 aliphatic carbocycles. The van der Waals surface area contributed by atoms with E-state index in [1.807, 2.05) is 0 Å². The largest absolute Gasteiger partial charge is 0.311 e. The number of piperidine rings is 1. The van der Waals surface area contributed by atoms with E-state index in [9.17, 15) is 14.0 Å². The molecule has 2 heterocycles. The van der Waals surface area contributed by atoms with Crippen LogP contribution in [0.25, 0.3) is 0 Å². The van der Waals surface area contributed by atoms with E-state index in [1.165, 1.54) is 12.1 Å². The standard InChI is InChI=1S/C15H17FN2O2/c16-12-2-1-3-13(10-12)18-11-15(14(18)20)4-6-17(7-5-15)8-9-19/h1-3,9-10H,4-8,11H2. The van der Waals surface area contributed by atoms with Crippen molar-refractivity contribution < 1.29 is 14.0 Å². The van der Waals surface area contributed by atoms with Crippen LogP contribution in [0.2, 0.25) is 0 Å². The number of likely N-dealkylation sites (tertiary alicyclic amines) is 1. The van der Waals surface area contributed by atoms with Crippen LogP contribution in [0.5, 0.6) is 0 Å². The molecule has 1 aromatic carbocycles. The number of halogens is 1. The van der Waals surface area contributed by atoms with Crippen molar-refractivity contribution in [3.8, 4) is 0 Å². The lowest BCUT2D eigenvalue weighted by Gasteiger charge is -2.52. The Morgan fingerprint density at radius 1 is 1.30 bits per heavy atom. The SMILES string of the molecule is O=CCN1CCC2(CC1)CN(c1cccc(F)c1)C2=O. The van der Waals surface area contributed by atoms with Crippen molar-refractivity contribution in [2.75, 3.05) is 31.1 Å². The third-order valence-electron chi connectivity index (χ3n) is 4.43. The molecule has 0 bridgehead atoms. The summed E-state index contributed by atoms with van der Waals surface area (Å²) in [5.74, 6) is -0.231. The van der Waals surface area contributed by atoms with Gasteiger partial charge in [-0.1, -0.05) is 6.07 Å². The van der Waals surface area contributed by atoms with Gasteiger partial charge in [0.15, 0.2) is 0 Å². The summed E-state index contributed by atoms with van der Waals surface area (Å²) in [5, 5.41) is 0. The summed E-state index contributed by atoms with van der Waals surface area (Å²) in [5.41, 5.74) is 0.349. The van der Waals surface area contributed by atoms with Gasteiger partial charge >= 0.3 is 0 Å². The molecule has 0 saturated carbocycles. The van der Waals surface area contributed by atoms with Crippen LogP contribution in [0, 0.1) is 11.2 Å². The van der Waals surface area contributed by atoms with Crippen LogP contribution in [0.3, 0.4) is 0 Å². The van der Waals surface area contributed by atoms with Crippen molar-refractivity contribution >= 4 is 17.9 Å². The van der Waals surface area contributed by atoms with Gasteiger partial charge in [0.25, 0.3) is 0 Å². The Balaban J connectivity index is 1.66. The van der Waals surface area contributed by atoms with Gasteiger partial charge in [-0.2, -0.15) is 0 Å². The Hall–Kier alpha value is -1.75. The Bertz CT molecular complexity index is 538. The fraction of sp³-hybridized carbons (Fsp3) is 0.467. The van der Waals surface area contributed by atoms with Crippen LogP contribution in [0.4, 0.5) is 10.1 Å². The number of β-lactam (4-membered cyclic amide) rings is 1. The predicted molar refractivity (Wildman–Crippen MR) is 72.9 cm³/mol. The number of anilines is 1. The van der Waals surface area contributed by atoms with Gasteiger partial charge in [-0.05, 0) is 44.1 Å². The Kier molecular flexibility index (Phi) is 3.30. The second-order valence-corrected chi connectivity index (χ2v) is 5.62. The molecule has 106 valence electrons. The van der Waals surface area contributed by atoms with Crippen LogP contribution in [0.1, 0.15) is 12.8 Å². The van der Waals surface area contributed by atoms with E-state index in [1.54, 1.807) is 17.0 Å². The smallest absolute Gasteiger partial charge is 0.235 e. The number of amides is 1. The van der Waals surface area contributed by atoms with Crippen molar-refractivity contribution in [2.24, 2.45) is 5.41 Å². The number of carbonyl (C=O) groups excluding carboxylic acids is 2. The number of aldehydes is 1. The number of benzene rings is 1. The first kappa shape index (κ1) is 13.2. The van der Waals surface area contributed by atoms with Gasteiger partial charge in [0.2, 0.25) is 5.91 Å². The van der Waals surface area contributed by atoms with Crippen molar-refractivity contribution in [1.29, 1.82) is 0 Å². The average molecular weight is 276 g/mol. The summed E-state index contributed by atoms with van der Waals surface area (Å²) < 4.78 is 13.2. The predicted octanol–water partition coefficient (Wildman–Crippen LogP) is 1.45. The van der Waals surface area contributed by atoms with E-state index < -0.39 is 0 Å². The van der Waals surface area contributed by atoms with Crippen LogP contribution in [0.15, 0.2) is 24.3 Å². The monoisotopic (exact) mass is 276 g/mol. The zero-order valence-electron chi connectivity index (χ0n) is 11.2. The molecule has 20 heavy (non-hydrogen) atoms. The molecule has 0 atom stereocenters. The van der Waals surface area contributed by atoms with Crippen molar-refractivity contribution in [1.82, 2.24) is 4.90 Å². The number of rotatable bonds is 3. The molecule has 2 saturated heterocycles. The van der Waals surface area contributed by atoms with Crippen LogP contribution in [-0.4, -0.2) is 43.3 Å². The number of hydrogen-bond acceptors (Lipinski definition) is 3. The first-order chi connectivity index (χ1) is 9.64. The summed E-state index contributed by atoms with van der Waals surface area (Å²) in [7, 11) is 0. The molecule has 2 aliphatic heterocycles. The molecule has 1 spiro atoms. The van der Waals surface area contributed by atoms with Crippen molar-refractivity contribution in [3.05, 3.63) is 30.1 Å². The van der Waals surface area contributed by atoms with Gasteiger partial charge < -0.3 is 9.69 Å². The molecule has 1 amide bonds. The zero-order chi connectivity index (χ0) is 14.2. The van der Waals surface area contributed by atoms with E-state index in [-0.39, 0.29) is 17.1 Å². The fourth-order valence-corrected chi connectivity index (χ4v) is 3.13. The third-order valence-corrected chi connectivity index (χ3v) is 4.43. The molecule has 2 aliphatic rings. The first-order valence-electron chi connectivity index (χ1n) is 6.88. The molecule has 4 nitrogen and oxygen atoms in total. The Morgan fingerprint density at radius 2 is 2.05 bits per heavy atom. The maximum Gasteiger partial charge on any atom is 0.235 e. The maximum atomic E-state index is 13.2. The fourth-order valence-electron chi connectivity index (χ4n) is 3.13. The molecular formula is C15H17FN2O2. The van der Waals surface area contributed by atoms with E-state index in [0.29, 0.717) is 18.8 Å². The lowest BCUT2D eigenvalue weighted by molar-refractivity contribution is -0.138. The van der Waals surface area contributed by atoms with Crippen LogP contribution >= 0.6 is 0 Å². The second-order valence-electron chi connectivity index (χ2n) is 5.62. The minimum Gasteiger partial charge on any atom is -0.311 e. The summed E-state index contributed by atoms with van der Waals surface area (Å²) >= 11 is 0. The zero-order valence-corrected chi connectivity index (χ0v) is 11.2. The first-order valence-corrected chi connectivity index (χ1v) is 6.88. The average Bonchev–Trinajstić information content (AvgIpc) is 2.46. The highest BCUT2D eigenvalue weighted by Crippen LogP contribution is 2.43. The molecule has 2 fully saturated rings. The highest BCUT2D eigenvalue weighted by Gasteiger charge is 2.53. The Labute approximate surface area is 117 Å². The van der Waals surface area contributed by atoms with Gasteiger partial charge in [-0.25, -0.2) is 4.39 Å². The molecule has 3 rings (SSSR count). The highest BCUT2D eigenvalue weighted by molar-refractivity contribution is 6.04. The summed E-state index contributed by atoms with van der Waals surface area (Å²) in [6, 6.07) is 6.15. The van der Waals surface area contributed by atoms with E-state index in [4.69, 9.17) is 0 Å². The minimum absolute atomic E-state index is 0.0915. The highest BCUT2D eigenvalue weighted by atomic mass is 19.1. The molecule has 5 heteroatoms. The van der Waals surface area contributed by atoms with Crippen molar-refractivity contribution in [3.63, 3.8) is 0 Å². The molecule has 0 aromatic heterocycles. The van der Waals surface area contributed by atoms with Crippen molar-refractivity contribution in [2.45, 2.75) is 12.8 Å². The lowest BCUT2D eigenvalue weighted by atomic mass is 9.71. The Morgan fingerprint density at radius 3 is 2.65 bits per heavy atom. The summed E-state index contributed by atoms with van der Waals surface area (Å²) in [6.45, 7) is 2.66. The molecule has 1 aromatic rings. The summed E-state index contributed by atoms with van der Waals surface area (Å²) in [6.07, 6.45) is 2.47.